The number of amides is 2. The second-order valence-corrected chi connectivity index (χ2v) is 9.27. The molecule has 0 bridgehead atoms. The van der Waals surface area contributed by atoms with Gasteiger partial charge in [-0.15, -0.1) is 0 Å². The average molecular weight is 397 g/mol. The fourth-order valence-electron chi connectivity index (χ4n) is 3.83. The summed E-state index contributed by atoms with van der Waals surface area (Å²) in [6.45, 7) is 2.56. The zero-order valence-electron chi connectivity index (χ0n) is 15.6. The summed E-state index contributed by atoms with van der Waals surface area (Å²) in [4.78, 5) is 28.6. The first-order valence-corrected chi connectivity index (χ1v) is 11.3. The normalized spacial score (nSPS) is 24.0. The van der Waals surface area contributed by atoms with Crippen molar-refractivity contribution in [2.75, 3.05) is 39.0 Å². The van der Waals surface area contributed by atoms with E-state index in [0.29, 0.717) is 44.4 Å². The van der Waals surface area contributed by atoms with Crippen molar-refractivity contribution in [1.82, 2.24) is 14.5 Å². The van der Waals surface area contributed by atoms with E-state index in [1.165, 1.54) is 12.5 Å². The van der Waals surface area contributed by atoms with E-state index < -0.39 is 10.0 Å². The van der Waals surface area contributed by atoms with Gasteiger partial charge >= 0.3 is 0 Å². The van der Waals surface area contributed by atoms with Crippen LogP contribution < -0.4 is 4.72 Å². The van der Waals surface area contributed by atoms with Gasteiger partial charge in [0.25, 0.3) is 5.91 Å². The lowest BCUT2D eigenvalue weighted by Gasteiger charge is -2.37. The predicted octanol–water partition coefficient (Wildman–Crippen LogP) is 0.920. The summed E-state index contributed by atoms with van der Waals surface area (Å²) in [5, 5.41) is 0. The highest BCUT2D eigenvalue weighted by atomic mass is 32.2. The minimum atomic E-state index is -3.16. The van der Waals surface area contributed by atoms with Crippen molar-refractivity contribution in [3.63, 3.8) is 0 Å². The van der Waals surface area contributed by atoms with E-state index in [-0.39, 0.29) is 17.7 Å². The third kappa shape index (κ3) is 5.32. The highest BCUT2D eigenvalue weighted by Gasteiger charge is 2.32. The van der Waals surface area contributed by atoms with Crippen molar-refractivity contribution >= 4 is 21.8 Å². The van der Waals surface area contributed by atoms with Crippen molar-refractivity contribution in [1.29, 1.82) is 0 Å². The minimum absolute atomic E-state index is 0.00630. The van der Waals surface area contributed by atoms with Crippen LogP contribution in [-0.4, -0.2) is 69.0 Å². The maximum Gasteiger partial charge on any atom is 0.289 e. The summed E-state index contributed by atoms with van der Waals surface area (Å²) < 4.78 is 30.1. The van der Waals surface area contributed by atoms with Gasteiger partial charge < -0.3 is 14.2 Å². The van der Waals surface area contributed by atoms with Crippen LogP contribution in [0.25, 0.3) is 0 Å². The molecule has 0 unspecified atom stereocenters. The highest BCUT2D eigenvalue weighted by Crippen LogP contribution is 2.30. The van der Waals surface area contributed by atoms with Crippen LogP contribution in [0.5, 0.6) is 0 Å². The Morgan fingerprint density at radius 3 is 2.30 bits per heavy atom. The first kappa shape index (κ1) is 19.9. The molecule has 2 fully saturated rings. The van der Waals surface area contributed by atoms with Gasteiger partial charge in [-0.2, -0.15) is 0 Å². The van der Waals surface area contributed by atoms with Gasteiger partial charge in [0.2, 0.25) is 15.9 Å². The number of furan rings is 1. The fraction of sp³-hybridized carbons (Fsp3) is 0.667. The quantitative estimate of drug-likeness (QED) is 0.796. The smallest absolute Gasteiger partial charge is 0.289 e. The first-order valence-electron chi connectivity index (χ1n) is 9.39. The molecule has 0 atom stereocenters. The van der Waals surface area contributed by atoms with E-state index in [0.717, 1.165) is 25.7 Å². The Morgan fingerprint density at radius 1 is 1.11 bits per heavy atom. The van der Waals surface area contributed by atoms with E-state index >= 15 is 0 Å². The molecule has 150 valence electrons. The van der Waals surface area contributed by atoms with E-state index in [2.05, 4.69) is 4.72 Å². The van der Waals surface area contributed by atoms with Crippen LogP contribution in [0, 0.1) is 11.8 Å². The molecule has 8 nitrogen and oxygen atoms in total. The molecule has 1 aliphatic heterocycles. The number of hydrogen-bond acceptors (Lipinski definition) is 5. The minimum Gasteiger partial charge on any atom is -0.459 e. The van der Waals surface area contributed by atoms with E-state index in [1.807, 2.05) is 4.90 Å². The van der Waals surface area contributed by atoms with Crippen LogP contribution in [0.4, 0.5) is 0 Å². The molecule has 1 saturated carbocycles. The molecular weight excluding hydrogens is 370 g/mol. The number of carbonyl (C=O) groups is 2. The lowest BCUT2D eigenvalue weighted by atomic mass is 9.81. The third-order valence-corrected chi connectivity index (χ3v) is 6.13. The van der Waals surface area contributed by atoms with Gasteiger partial charge in [0.1, 0.15) is 0 Å². The van der Waals surface area contributed by atoms with Gasteiger partial charge in [0.15, 0.2) is 5.76 Å². The molecule has 0 radical (unpaired) electrons. The number of nitrogens with one attached hydrogen (secondary N) is 1. The molecular formula is C18H27N3O5S. The summed E-state index contributed by atoms with van der Waals surface area (Å²) in [5.74, 6) is 0.662. The number of nitrogens with zero attached hydrogens (tertiary/aromatic N) is 2. The second kappa shape index (κ2) is 8.43. The van der Waals surface area contributed by atoms with E-state index in [9.17, 15) is 18.0 Å². The third-order valence-electron chi connectivity index (χ3n) is 5.44. The Labute approximate surface area is 159 Å². The van der Waals surface area contributed by atoms with Crippen LogP contribution in [0.3, 0.4) is 0 Å². The molecule has 1 N–H and O–H groups in total. The van der Waals surface area contributed by atoms with Crippen LogP contribution in [0.1, 0.15) is 36.2 Å². The van der Waals surface area contributed by atoms with Gasteiger partial charge in [0.05, 0.1) is 12.5 Å². The fourth-order valence-corrected chi connectivity index (χ4v) is 4.37. The molecule has 0 aromatic carbocycles. The zero-order chi connectivity index (χ0) is 19.4. The number of sulfonamides is 1. The van der Waals surface area contributed by atoms with Crippen molar-refractivity contribution < 1.29 is 22.4 Å². The standard InChI is InChI=1S/C18H27N3O5S/c1-27(24,25)19-13-14-4-6-15(7-5-14)17(22)20-8-10-21(11-9-20)18(23)16-3-2-12-26-16/h2-3,12,14-15,19H,4-11,13H2,1H3. The number of rotatable bonds is 5. The largest absolute Gasteiger partial charge is 0.459 e. The Morgan fingerprint density at radius 2 is 1.74 bits per heavy atom. The zero-order valence-corrected chi connectivity index (χ0v) is 16.4. The number of carbonyl (C=O) groups excluding carboxylic acids is 2. The molecule has 1 saturated heterocycles. The van der Waals surface area contributed by atoms with Crippen LogP contribution in [0.15, 0.2) is 22.8 Å². The molecule has 0 spiro atoms. The Balaban J connectivity index is 1.43. The highest BCUT2D eigenvalue weighted by molar-refractivity contribution is 7.88. The Bertz CT molecular complexity index is 746. The van der Waals surface area contributed by atoms with Gasteiger partial charge in [-0.3, -0.25) is 9.59 Å². The first-order chi connectivity index (χ1) is 12.8. The maximum absolute atomic E-state index is 12.8. The molecule has 1 aromatic rings. The van der Waals surface area contributed by atoms with Crippen LogP contribution in [0.2, 0.25) is 0 Å². The number of hydrogen-bond donors (Lipinski definition) is 1. The molecule has 1 aliphatic carbocycles. The Kier molecular flexibility index (Phi) is 6.21. The maximum atomic E-state index is 12.8. The summed E-state index contributed by atoms with van der Waals surface area (Å²) in [7, 11) is -3.16. The van der Waals surface area contributed by atoms with Crippen molar-refractivity contribution in [3.8, 4) is 0 Å². The van der Waals surface area contributed by atoms with Gasteiger partial charge in [-0.05, 0) is 43.7 Å². The van der Waals surface area contributed by atoms with Gasteiger partial charge in [-0.25, -0.2) is 13.1 Å². The summed E-state index contributed by atoms with van der Waals surface area (Å²) in [5.41, 5.74) is 0. The lowest BCUT2D eigenvalue weighted by molar-refractivity contribution is -0.138. The SMILES string of the molecule is CS(=O)(=O)NCC1CCC(C(=O)N2CCN(C(=O)c3ccco3)CC2)CC1. The molecule has 3 rings (SSSR count). The number of piperazine rings is 1. The lowest BCUT2D eigenvalue weighted by Crippen LogP contribution is -2.52. The van der Waals surface area contributed by atoms with Crippen molar-refractivity contribution in [2.24, 2.45) is 11.8 Å². The monoisotopic (exact) mass is 397 g/mol. The van der Waals surface area contributed by atoms with Crippen molar-refractivity contribution in [3.05, 3.63) is 24.2 Å². The Hall–Kier alpha value is -1.87. The topological polar surface area (TPSA) is 99.9 Å². The molecule has 2 aliphatic rings. The van der Waals surface area contributed by atoms with Crippen molar-refractivity contribution in [2.45, 2.75) is 25.7 Å². The van der Waals surface area contributed by atoms with Crippen LogP contribution in [-0.2, 0) is 14.8 Å². The molecule has 2 amide bonds. The molecule has 9 heteroatoms. The molecule has 1 aromatic heterocycles. The molecule has 27 heavy (non-hydrogen) atoms. The van der Waals surface area contributed by atoms with Crippen LogP contribution >= 0.6 is 0 Å². The van der Waals surface area contributed by atoms with Gasteiger partial charge in [0, 0.05) is 38.6 Å². The summed E-state index contributed by atoms with van der Waals surface area (Å²) >= 11 is 0. The summed E-state index contributed by atoms with van der Waals surface area (Å²) in [6, 6.07) is 3.34. The summed E-state index contributed by atoms with van der Waals surface area (Å²) in [6.07, 6.45) is 5.94. The van der Waals surface area contributed by atoms with Gasteiger partial charge in [-0.1, -0.05) is 0 Å². The predicted molar refractivity (Wildman–Crippen MR) is 99.5 cm³/mol. The average Bonchev–Trinajstić information content (AvgIpc) is 3.20. The second-order valence-electron chi connectivity index (χ2n) is 7.43. The van der Waals surface area contributed by atoms with E-state index in [1.54, 1.807) is 17.0 Å². The van der Waals surface area contributed by atoms with E-state index in [4.69, 9.17) is 4.42 Å². The molecule has 2 heterocycles.